The van der Waals surface area contributed by atoms with Gasteiger partial charge in [0.05, 0.1) is 24.3 Å². The van der Waals surface area contributed by atoms with E-state index in [4.69, 9.17) is 14.5 Å². The molecule has 0 atom stereocenters. The number of hydrogen-bond acceptors (Lipinski definition) is 7. The fourth-order valence-electron chi connectivity index (χ4n) is 3.20. The van der Waals surface area contributed by atoms with Crippen molar-refractivity contribution in [1.29, 1.82) is 0 Å². The molecule has 1 aliphatic carbocycles. The number of thiophene rings is 1. The van der Waals surface area contributed by atoms with Crippen molar-refractivity contribution in [3.8, 4) is 0 Å². The summed E-state index contributed by atoms with van der Waals surface area (Å²) in [6.07, 6.45) is 4.25. The zero-order chi connectivity index (χ0) is 19.6. The van der Waals surface area contributed by atoms with Gasteiger partial charge in [0.1, 0.15) is 10.4 Å². The molecule has 0 saturated carbocycles. The molecule has 1 aliphatic rings. The molecule has 2 heterocycles. The lowest BCUT2D eigenvalue weighted by Crippen LogP contribution is -2.27. The third-order valence-electron chi connectivity index (χ3n) is 4.30. The maximum Gasteiger partial charge on any atom is 0.316 e. The summed E-state index contributed by atoms with van der Waals surface area (Å²) in [5.41, 5.74) is 0.620. The highest BCUT2D eigenvalue weighted by atomic mass is 32.2. The summed E-state index contributed by atoms with van der Waals surface area (Å²) in [4.78, 5) is 32.1. The number of methoxy groups -OCH3 is 1. The first-order valence-electron chi connectivity index (χ1n) is 9.19. The average Bonchev–Trinajstić information content (AvgIpc) is 2.96. The van der Waals surface area contributed by atoms with Crippen LogP contribution in [0.15, 0.2) is 9.95 Å². The number of thioether (sulfide) groups is 1. The second-order valence-electron chi connectivity index (χ2n) is 7.61. The van der Waals surface area contributed by atoms with Gasteiger partial charge in [-0.25, -0.2) is 4.98 Å². The van der Waals surface area contributed by atoms with Crippen molar-refractivity contribution in [3.05, 3.63) is 20.8 Å². The Labute approximate surface area is 167 Å². The molecule has 2 aromatic rings. The van der Waals surface area contributed by atoms with E-state index in [1.807, 2.05) is 20.8 Å². The zero-order valence-corrected chi connectivity index (χ0v) is 17.9. The molecule has 6 nitrogen and oxygen atoms in total. The van der Waals surface area contributed by atoms with E-state index in [9.17, 15) is 9.59 Å². The molecule has 3 rings (SSSR count). The predicted octanol–water partition coefficient (Wildman–Crippen LogP) is 3.42. The molecular weight excluding hydrogens is 384 g/mol. The van der Waals surface area contributed by atoms with E-state index in [1.54, 1.807) is 23.0 Å². The van der Waals surface area contributed by atoms with Gasteiger partial charge >= 0.3 is 5.97 Å². The summed E-state index contributed by atoms with van der Waals surface area (Å²) in [7, 11) is 1.61. The summed E-state index contributed by atoms with van der Waals surface area (Å²) in [6, 6.07) is 0. The van der Waals surface area contributed by atoms with Crippen LogP contribution in [0.3, 0.4) is 0 Å². The highest BCUT2D eigenvalue weighted by Gasteiger charge is 2.23. The second kappa shape index (κ2) is 8.32. The van der Waals surface area contributed by atoms with Crippen LogP contribution in [0.5, 0.6) is 0 Å². The molecule has 0 fully saturated rings. The predicted molar refractivity (Wildman–Crippen MR) is 109 cm³/mol. The quantitative estimate of drug-likeness (QED) is 0.413. The smallest absolute Gasteiger partial charge is 0.316 e. The lowest BCUT2D eigenvalue weighted by molar-refractivity contribution is -0.151. The molecule has 0 amide bonds. The molecular formula is C19H26N2O4S2. The molecule has 0 radical (unpaired) electrons. The minimum absolute atomic E-state index is 0.0249. The minimum atomic E-state index is -0.530. The number of carbonyl (C=O) groups is 1. The first kappa shape index (κ1) is 20.4. The fraction of sp³-hybridized carbons (Fsp3) is 0.632. The molecule has 0 saturated heterocycles. The Hall–Kier alpha value is -1.38. The van der Waals surface area contributed by atoms with Crippen molar-refractivity contribution in [1.82, 2.24) is 9.55 Å². The summed E-state index contributed by atoms with van der Waals surface area (Å²) < 4.78 is 12.2. The number of esters is 1. The maximum atomic E-state index is 13.2. The molecule has 0 unspecified atom stereocenters. The van der Waals surface area contributed by atoms with Gasteiger partial charge < -0.3 is 9.47 Å². The normalized spacial score (nSPS) is 14.4. The van der Waals surface area contributed by atoms with Crippen molar-refractivity contribution in [2.24, 2.45) is 0 Å². The first-order valence-corrected chi connectivity index (χ1v) is 11.0. The van der Waals surface area contributed by atoms with Gasteiger partial charge in [0.15, 0.2) is 5.16 Å². The van der Waals surface area contributed by atoms with Crippen LogP contribution in [0.4, 0.5) is 0 Å². The van der Waals surface area contributed by atoms with E-state index in [-0.39, 0.29) is 17.3 Å². The molecule has 0 N–H and O–H groups in total. The van der Waals surface area contributed by atoms with Crippen LogP contribution < -0.4 is 5.56 Å². The standard InChI is InChI=1S/C19H26N2O4S2/c1-19(2,3)25-14(22)11-26-18-20-16-15(17(23)21(18)9-10-24-4)12-7-5-6-8-13(12)27-16/h5-11H2,1-4H3. The van der Waals surface area contributed by atoms with Gasteiger partial charge in [-0.15, -0.1) is 11.3 Å². The van der Waals surface area contributed by atoms with Gasteiger partial charge in [-0.3, -0.25) is 14.2 Å². The van der Waals surface area contributed by atoms with Crippen LogP contribution in [0.25, 0.3) is 10.2 Å². The van der Waals surface area contributed by atoms with Gasteiger partial charge in [-0.1, -0.05) is 11.8 Å². The maximum absolute atomic E-state index is 13.2. The van der Waals surface area contributed by atoms with E-state index in [1.165, 1.54) is 22.2 Å². The van der Waals surface area contributed by atoms with Gasteiger partial charge in [-0.05, 0) is 52.0 Å². The Morgan fingerprint density at radius 3 is 2.74 bits per heavy atom. The Bertz CT molecular complexity index is 896. The third-order valence-corrected chi connectivity index (χ3v) is 6.43. The molecule has 148 valence electrons. The van der Waals surface area contributed by atoms with Gasteiger partial charge in [0.25, 0.3) is 5.56 Å². The van der Waals surface area contributed by atoms with Gasteiger partial charge in [0.2, 0.25) is 0 Å². The zero-order valence-electron chi connectivity index (χ0n) is 16.3. The van der Waals surface area contributed by atoms with Crippen LogP contribution in [-0.2, 0) is 33.7 Å². The van der Waals surface area contributed by atoms with Crippen molar-refractivity contribution >= 4 is 39.3 Å². The highest BCUT2D eigenvalue weighted by molar-refractivity contribution is 7.99. The van der Waals surface area contributed by atoms with E-state index in [2.05, 4.69) is 0 Å². The minimum Gasteiger partial charge on any atom is -0.459 e. The Kier molecular flexibility index (Phi) is 6.28. The monoisotopic (exact) mass is 410 g/mol. The van der Waals surface area contributed by atoms with Crippen LogP contribution >= 0.6 is 23.1 Å². The van der Waals surface area contributed by atoms with Gasteiger partial charge in [-0.2, -0.15) is 0 Å². The molecule has 0 aromatic carbocycles. The van der Waals surface area contributed by atoms with Crippen molar-refractivity contribution < 1.29 is 14.3 Å². The van der Waals surface area contributed by atoms with Gasteiger partial charge in [0, 0.05) is 12.0 Å². The molecule has 0 aliphatic heterocycles. The van der Waals surface area contributed by atoms with Crippen molar-refractivity contribution in [3.63, 3.8) is 0 Å². The highest BCUT2D eigenvalue weighted by Crippen LogP contribution is 2.34. The SMILES string of the molecule is COCCn1c(SCC(=O)OC(C)(C)C)nc2sc3c(c2c1=O)CCCC3. The van der Waals surface area contributed by atoms with Crippen LogP contribution in [0.2, 0.25) is 0 Å². The lowest BCUT2D eigenvalue weighted by Gasteiger charge is -2.19. The third kappa shape index (κ3) is 4.73. The van der Waals surface area contributed by atoms with Crippen LogP contribution in [0, 0.1) is 0 Å². The summed E-state index contributed by atoms with van der Waals surface area (Å²) >= 11 is 2.87. The number of aromatic nitrogens is 2. The Morgan fingerprint density at radius 1 is 1.30 bits per heavy atom. The topological polar surface area (TPSA) is 70.4 Å². The number of hydrogen-bond donors (Lipinski definition) is 0. The Morgan fingerprint density at radius 2 is 2.04 bits per heavy atom. The molecule has 0 bridgehead atoms. The van der Waals surface area contributed by atoms with E-state index >= 15 is 0 Å². The van der Waals surface area contributed by atoms with E-state index in [0.29, 0.717) is 18.3 Å². The second-order valence-corrected chi connectivity index (χ2v) is 9.64. The molecule has 0 spiro atoms. The number of ether oxygens (including phenoxy) is 2. The number of carbonyl (C=O) groups excluding carboxylic acids is 1. The fourth-order valence-corrected chi connectivity index (χ4v) is 5.31. The van der Waals surface area contributed by atoms with Crippen LogP contribution in [0.1, 0.15) is 44.1 Å². The first-order chi connectivity index (χ1) is 12.8. The van der Waals surface area contributed by atoms with E-state index in [0.717, 1.165) is 35.9 Å². The molecule has 8 heteroatoms. The molecule has 27 heavy (non-hydrogen) atoms. The Balaban J connectivity index is 1.95. The average molecular weight is 411 g/mol. The summed E-state index contributed by atoms with van der Waals surface area (Å²) in [5.74, 6) is -0.196. The summed E-state index contributed by atoms with van der Waals surface area (Å²) in [5, 5.41) is 1.31. The number of fused-ring (bicyclic) bond motifs is 3. The number of rotatable bonds is 6. The largest absolute Gasteiger partial charge is 0.459 e. The number of nitrogens with zero attached hydrogens (tertiary/aromatic N) is 2. The van der Waals surface area contributed by atoms with Crippen molar-refractivity contribution in [2.45, 2.75) is 63.8 Å². The lowest BCUT2D eigenvalue weighted by atomic mass is 9.97. The molecule has 2 aromatic heterocycles. The van der Waals surface area contributed by atoms with Crippen LogP contribution in [-0.4, -0.2) is 40.6 Å². The summed E-state index contributed by atoms with van der Waals surface area (Å²) in [6.45, 7) is 6.35. The number of aryl methyl sites for hydroxylation is 2. The van der Waals surface area contributed by atoms with E-state index < -0.39 is 5.60 Å². The van der Waals surface area contributed by atoms with Crippen molar-refractivity contribution in [2.75, 3.05) is 19.5 Å².